The summed E-state index contributed by atoms with van der Waals surface area (Å²) in [6.07, 6.45) is 8.48. The molecular weight excluding hydrogens is 680 g/mol. The average Bonchev–Trinajstić information content (AvgIpc) is 3.24. The van der Waals surface area contributed by atoms with Crippen molar-refractivity contribution in [2.75, 3.05) is 26.8 Å². The van der Waals surface area contributed by atoms with E-state index in [4.69, 9.17) is 31.3 Å². The van der Waals surface area contributed by atoms with Gasteiger partial charge in [0.25, 0.3) is 0 Å². The standard InChI is InChI=1S/C26H28B2N2O5.U/c1-6-10-20(18(7-2)16-26(27,28)33)17-29-24(32)25(3,4)30(13-14-34-5)23(31)22-15-19-11-8-9-12-21(19)35-22;/h1,7-12,33H,3,13-14,16-17H2,2,4-5H3,(H,29,32);/q-2;+2/b18-7-,20-10-;. The maximum atomic E-state index is 13.3. The summed E-state index contributed by atoms with van der Waals surface area (Å²) in [7, 11) is 12.5. The summed E-state index contributed by atoms with van der Waals surface area (Å²) in [5, 5.41) is 11.2. The monoisotopic (exact) mass is 708 g/mol. The van der Waals surface area contributed by atoms with Gasteiger partial charge in [0.2, 0.25) is 11.8 Å². The Morgan fingerprint density at radius 3 is 2.58 bits per heavy atom. The van der Waals surface area contributed by atoms with E-state index in [1.165, 1.54) is 25.0 Å². The van der Waals surface area contributed by atoms with Gasteiger partial charge in [-0.05, 0) is 41.5 Å². The van der Waals surface area contributed by atoms with E-state index in [1.54, 1.807) is 37.3 Å². The van der Waals surface area contributed by atoms with E-state index in [1.807, 2.05) is 0 Å². The number of hydrogen-bond acceptors (Lipinski definition) is 5. The molecular formula is C26H28B2N2O5U. The summed E-state index contributed by atoms with van der Waals surface area (Å²) in [5.74, 6) is 1.25. The number of para-hydroxylation sites is 1. The van der Waals surface area contributed by atoms with Crippen molar-refractivity contribution in [1.29, 1.82) is 0 Å². The van der Waals surface area contributed by atoms with E-state index in [-0.39, 0.29) is 63.0 Å². The fraction of sp³-hybridized carbons (Fsp3) is 0.346. The first-order valence-corrected chi connectivity index (χ1v) is 10.9. The Kier molecular flexibility index (Phi) is 12.4. The van der Waals surface area contributed by atoms with Gasteiger partial charge < -0.3 is 36.2 Å². The Balaban J connectivity index is 0.00000648. The van der Waals surface area contributed by atoms with Crippen molar-refractivity contribution in [2.45, 2.75) is 31.2 Å². The summed E-state index contributed by atoms with van der Waals surface area (Å²) in [4.78, 5) is 27.8. The molecule has 10 heteroatoms. The summed E-state index contributed by atoms with van der Waals surface area (Å²) >= 11 is 0. The number of terminal acetylenes is 1. The van der Waals surface area contributed by atoms with Gasteiger partial charge in [-0.1, -0.05) is 37.1 Å². The number of amides is 2. The smallest absolute Gasteiger partial charge is 0.514 e. The number of methoxy groups -OCH3 is 1. The van der Waals surface area contributed by atoms with Crippen LogP contribution in [0.15, 0.2) is 52.0 Å². The third-order valence-corrected chi connectivity index (χ3v) is 5.32. The predicted octanol–water partition coefficient (Wildman–Crippen LogP) is 1.91. The SMILES string of the molecule is [B]C([B])(O)CC(=C/C)/C(=C\C#C)CNC(=O)C([CH2-])(C)N(CCOC)C(=O)c1[c-]c2ccccc2o1.[U+2]. The Morgan fingerprint density at radius 2 is 2.03 bits per heavy atom. The van der Waals surface area contributed by atoms with Crippen LogP contribution in [0.3, 0.4) is 0 Å². The number of aliphatic hydroxyl groups is 1. The molecule has 0 spiro atoms. The molecule has 4 radical (unpaired) electrons. The molecule has 1 atom stereocenters. The molecule has 7 nitrogen and oxygen atoms in total. The summed E-state index contributed by atoms with van der Waals surface area (Å²) in [5.41, 5.74) is 0.0439. The van der Waals surface area contributed by atoms with Crippen LogP contribution >= 0.6 is 0 Å². The van der Waals surface area contributed by atoms with Crippen LogP contribution < -0.4 is 5.32 Å². The Bertz CT molecular complexity index is 1130. The summed E-state index contributed by atoms with van der Waals surface area (Å²) in [6.45, 7) is 7.48. The van der Waals surface area contributed by atoms with Gasteiger partial charge in [-0.2, -0.15) is 0 Å². The molecule has 0 fully saturated rings. The first-order valence-electron chi connectivity index (χ1n) is 10.9. The van der Waals surface area contributed by atoms with Crippen molar-refractivity contribution in [3.05, 3.63) is 66.3 Å². The number of carbonyl (C=O) groups excluding carboxylic acids is 2. The van der Waals surface area contributed by atoms with Crippen LogP contribution in [-0.4, -0.2) is 75.3 Å². The van der Waals surface area contributed by atoms with E-state index in [9.17, 15) is 14.7 Å². The van der Waals surface area contributed by atoms with Crippen LogP contribution in [0.2, 0.25) is 0 Å². The molecule has 1 heterocycles. The minimum Gasteiger partial charge on any atom is -0.514 e. The number of allylic oxidation sites excluding steroid dienone is 2. The third-order valence-electron chi connectivity index (χ3n) is 5.32. The minimum atomic E-state index is -1.95. The van der Waals surface area contributed by atoms with Crippen LogP contribution in [0.5, 0.6) is 0 Å². The van der Waals surface area contributed by atoms with E-state index in [2.05, 4.69) is 24.2 Å². The maximum Gasteiger partial charge on any atom is 2.00 e. The topological polar surface area (TPSA) is 92.0 Å². The van der Waals surface area contributed by atoms with Crippen molar-refractivity contribution in [2.24, 2.45) is 0 Å². The number of rotatable bonds is 11. The molecule has 182 valence electrons. The first-order chi connectivity index (χ1) is 16.4. The molecule has 0 bridgehead atoms. The van der Waals surface area contributed by atoms with Gasteiger partial charge in [-0.15, -0.1) is 23.9 Å². The molecule has 2 aromatic rings. The van der Waals surface area contributed by atoms with Gasteiger partial charge in [0, 0.05) is 25.8 Å². The van der Waals surface area contributed by atoms with Crippen molar-refractivity contribution in [3.63, 3.8) is 0 Å². The summed E-state index contributed by atoms with van der Waals surface area (Å²) in [6, 6.07) is 10.0. The second-order valence-corrected chi connectivity index (χ2v) is 8.28. The van der Waals surface area contributed by atoms with Gasteiger partial charge in [0.1, 0.15) is 0 Å². The fourth-order valence-corrected chi connectivity index (χ4v) is 3.44. The van der Waals surface area contributed by atoms with E-state index >= 15 is 0 Å². The van der Waals surface area contributed by atoms with Crippen LogP contribution in [0.4, 0.5) is 0 Å². The number of fused-ring (bicyclic) bond motifs is 1. The molecule has 0 saturated carbocycles. The zero-order chi connectivity index (χ0) is 26.2. The molecule has 2 amide bonds. The van der Waals surface area contributed by atoms with Crippen LogP contribution in [0.25, 0.3) is 11.0 Å². The molecule has 1 aromatic carbocycles. The molecule has 0 aliphatic rings. The minimum absolute atomic E-state index is 0. The number of furan rings is 1. The van der Waals surface area contributed by atoms with Gasteiger partial charge in [0.15, 0.2) is 0 Å². The predicted molar refractivity (Wildman–Crippen MR) is 136 cm³/mol. The number of carbonyl (C=O) groups is 2. The van der Waals surface area contributed by atoms with E-state index in [0.29, 0.717) is 22.1 Å². The molecule has 2 N–H and O–H groups in total. The van der Waals surface area contributed by atoms with Crippen molar-refractivity contribution in [1.82, 2.24) is 10.2 Å². The average molecular weight is 708 g/mol. The number of benzene rings is 1. The molecule has 36 heavy (non-hydrogen) atoms. The summed E-state index contributed by atoms with van der Waals surface area (Å²) < 4.78 is 10.8. The molecule has 0 saturated heterocycles. The number of hydrogen-bond donors (Lipinski definition) is 2. The number of nitrogens with zero attached hydrogens (tertiary/aromatic N) is 1. The largest absolute Gasteiger partial charge is 2.00 e. The van der Waals surface area contributed by atoms with Crippen LogP contribution in [0.1, 0.15) is 30.8 Å². The molecule has 1 aromatic heterocycles. The van der Waals surface area contributed by atoms with Gasteiger partial charge in [-0.25, -0.2) is 0 Å². The van der Waals surface area contributed by atoms with Gasteiger partial charge in [-0.3, -0.25) is 4.79 Å². The zero-order valence-electron chi connectivity index (χ0n) is 20.8. The maximum absolute atomic E-state index is 13.3. The van der Waals surface area contributed by atoms with Gasteiger partial charge in [0.05, 0.1) is 28.1 Å². The zero-order valence-corrected chi connectivity index (χ0v) is 24.9. The van der Waals surface area contributed by atoms with Crippen LogP contribution in [-0.2, 0) is 9.53 Å². The van der Waals surface area contributed by atoms with E-state index in [0.717, 1.165) is 0 Å². The third kappa shape index (κ3) is 8.46. The van der Waals surface area contributed by atoms with Crippen molar-refractivity contribution >= 4 is 38.5 Å². The molecule has 0 aliphatic heterocycles. The fourth-order valence-electron chi connectivity index (χ4n) is 3.44. The number of nitrogens with one attached hydrogen (secondary N) is 1. The molecule has 0 aliphatic carbocycles. The Morgan fingerprint density at radius 1 is 1.36 bits per heavy atom. The quantitative estimate of drug-likeness (QED) is 0.161. The van der Waals surface area contributed by atoms with Crippen molar-refractivity contribution < 1.29 is 55.0 Å². The Labute approximate surface area is 239 Å². The first kappa shape index (κ1) is 31.9. The van der Waals surface area contributed by atoms with Gasteiger partial charge >= 0.3 is 31.1 Å². The normalized spacial score (nSPS) is 13.9. The van der Waals surface area contributed by atoms with Crippen molar-refractivity contribution in [3.8, 4) is 12.3 Å². The second kappa shape index (κ2) is 14.0. The number of ether oxygens (including phenoxy) is 1. The molecule has 2 rings (SSSR count). The van der Waals surface area contributed by atoms with E-state index < -0.39 is 22.8 Å². The van der Waals surface area contributed by atoms with Crippen LogP contribution in [0, 0.1) is 56.4 Å². The second-order valence-electron chi connectivity index (χ2n) is 8.28. The Hall–Kier alpha value is -2.16. The molecule has 1 unspecified atom stereocenters.